The highest BCUT2D eigenvalue weighted by molar-refractivity contribution is 5.74. The zero-order valence-corrected chi connectivity index (χ0v) is 15.2. The molecule has 1 unspecified atom stereocenters. The van der Waals surface area contributed by atoms with E-state index in [-0.39, 0.29) is 12.6 Å². The van der Waals surface area contributed by atoms with Crippen LogP contribution >= 0.6 is 0 Å². The molecule has 1 rings (SSSR count). The molecular weight excluding hydrogens is 328 g/mol. The zero-order chi connectivity index (χ0) is 19.2. The topological polar surface area (TPSA) is 136 Å². The van der Waals surface area contributed by atoms with Gasteiger partial charge >= 0.3 is 18.0 Å². The zero-order valence-electron chi connectivity index (χ0n) is 15.2. The summed E-state index contributed by atoms with van der Waals surface area (Å²) in [5.74, 6) is -1.87. The van der Waals surface area contributed by atoms with Crippen LogP contribution in [0.2, 0.25) is 0 Å². The molecule has 1 fully saturated rings. The van der Waals surface area contributed by atoms with Crippen LogP contribution in [-0.4, -0.2) is 83.3 Å². The van der Waals surface area contributed by atoms with Crippen LogP contribution in [0.4, 0.5) is 4.79 Å². The minimum Gasteiger partial charge on any atom is -0.480 e. The molecule has 0 aromatic rings. The summed E-state index contributed by atoms with van der Waals surface area (Å²) >= 11 is 0. The highest BCUT2D eigenvalue weighted by Gasteiger charge is 2.21. The predicted octanol–water partition coefficient (Wildman–Crippen LogP) is 0.397. The number of carbonyl (C=O) groups excluding carboxylic acids is 1. The van der Waals surface area contributed by atoms with Crippen LogP contribution < -0.4 is 11.1 Å². The Kier molecular flexibility index (Phi) is 12.4. The number of rotatable bonds is 8. The van der Waals surface area contributed by atoms with Crippen molar-refractivity contribution < 1.29 is 24.6 Å². The highest BCUT2D eigenvalue weighted by Crippen LogP contribution is 2.02. The van der Waals surface area contributed by atoms with Crippen LogP contribution in [0.1, 0.15) is 39.5 Å². The molecule has 1 aliphatic rings. The number of nitrogens with one attached hydrogen (secondary N) is 1. The summed E-state index contributed by atoms with van der Waals surface area (Å²) in [5, 5.41) is 20.1. The number of piperazine rings is 1. The van der Waals surface area contributed by atoms with Gasteiger partial charge in [-0.05, 0) is 19.3 Å². The van der Waals surface area contributed by atoms with Crippen molar-refractivity contribution in [3.63, 3.8) is 0 Å². The lowest BCUT2D eigenvalue weighted by Gasteiger charge is -2.33. The van der Waals surface area contributed by atoms with Crippen molar-refractivity contribution in [2.24, 2.45) is 5.73 Å². The monoisotopic (exact) mass is 360 g/mol. The van der Waals surface area contributed by atoms with E-state index in [1.165, 1.54) is 6.42 Å². The van der Waals surface area contributed by atoms with Crippen LogP contribution in [0.25, 0.3) is 0 Å². The maximum absolute atomic E-state index is 11.9. The Morgan fingerprint density at radius 3 is 2.12 bits per heavy atom. The number of amides is 2. The Hall–Kier alpha value is -1.87. The molecular formula is C16H32N4O5. The minimum atomic E-state index is -1.01. The molecule has 0 radical (unpaired) electrons. The Balaban J connectivity index is 0.00000178. The molecule has 1 saturated heterocycles. The molecule has 9 heteroatoms. The number of nitrogens with zero attached hydrogens (tertiary/aromatic N) is 2. The highest BCUT2D eigenvalue weighted by atomic mass is 16.4. The van der Waals surface area contributed by atoms with Gasteiger partial charge in [-0.25, -0.2) is 4.79 Å². The molecule has 0 aromatic carbocycles. The lowest BCUT2D eigenvalue weighted by molar-refractivity contribution is -0.139. The SMILES string of the molecule is CCC.NC(CCCCNC(=O)N1CCN(CC(=O)O)CC1)C(=O)O. The Labute approximate surface area is 149 Å². The third-order valence-electron chi connectivity index (χ3n) is 3.55. The van der Waals surface area contributed by atoms with Crippen LogP contribution in [0.5, 0.6) is 0 Å². The van der Waals surface area contributed by atoms with Crippen molar-refractivity contribution in [1.82, 2.24) is 15.1 Å². The Morgan fingerprint density at radius 1 is 1.08 bits per heavy atom. The Morgan fingerprint density at radius 2 is 1.64 bits per heavy atom. The van der Waals surface area contributed by atoms with Crippen molar-refractivity contribution in [2.75, 3.05) is 39.3 Å². The summed E-state index contributed by atoms with van der Waals surface area (Å²) in [4.78, 5) is 36.5. The number of urea groups is 1. The van der Waals surface area contributed by atoms with Gasteiger partial charge in [0, 0.05) is 32.7 Å². The fourth-order valence-corrected chi connectivity index (χ4v) is 2.22. The summed E-state index contributed by atoms with van der Waals surface area (Å²) < 4.78 is 0. The summed E-state index contributed by atoms with van der Waals surface area (Å²) in [6.07, 6.45) is 2.95. The normalized spacial score (nSPS) is 15.7. The van der Waals surface area contributed by atoms with E-state index in [4.69, 9.17) is 15.9 Å². The number of nitrogens with two attached hydrogens (primary N) is 1. The molecule has 2 amide bonds. The molecule has 0 bridgehead atoms. The van der Waals surface area contributed by atoms with Gasteiger partial charge in [0.2, 0.25) is 0 Å². The number of carbonyl (C=O) groups is 3. The standard InChI is InChI=1S/C13H24N4O5.C3H8/c14-10(12(20)21)3-1-2-4-15-13(22)17-7-5-16(6-8-17)9-11(18)19;1-3-2/h10H,1-9,14H2,(H,15,22)(H,18,19)(H,20,21);3H2,1-2H3. The van der Waals surface area contributed by atoms with E-state index in [2.05, 4.69) is 19.2 Å². The van der Waals surface area contributed by atoms with Gasteiger partial charge in [0.25, 0.3) is 0 Å². The van der Waals surface area contributed by atoms with Gasteiger partial charge < -0.3 is 26.2 Å². The first-order chi connectivity index (χ1) is 11.8. The fourth-order valence-electron chi connectivity index (χ4n) is 2.22. The molecule has 1 atom stereocenters. The smallest absolute Gasteiger partial charge is 0.320 e. The number of hydrogen-bond donors (Lipinski definition) is 4. The lowest BCUT2D eigenvalue weighted by Crippen LogP contribution is -2.52. The lowest BCUT2D eigenvalue weighted by atomic mass is 10.1. The van der Waals surface area contributed by atoms with E-state index in [1.807, 2.05) is 0 Å². The molecule has 0 saturated carbocycles. The predicted molar refractivity (Wildman–Crippen MR) is 94.5 cm³/mol. The first-order valence-electron chi connectivity index (χ1n) is 8.77. The second-order valence-electron chi connectivity index (χ2n) is 6.04. The molecule has 146 valence electrons. The van der Waals surface area contributed by atoms with Gasteiger partial charge in [0.15, 0.2) is 0 Å². The molecule has 9 nitrogen and oxygen atoms in total. The van der Waals surface area contributed by atoms with Crippen molar-refractivity contribution >= 4 is 18.0 Å². The Bertz CT molecular complexity index is 411. The second kappa shape index (κ2) is 13.4. The largest absolute Gasteiger partial charge is 0.480 e. The van der Waals surface area contributed by atoms with Crippen molar-refractivity contribution in [3.05, 3.63) is 0 Å². The van der Waals surface area contributed by atoms with E-state index in [0.29, 0.717) is 52.0 Å². The summed E-state index contributed by atoms with van der Waals surface area (Å²) in [6.45, 7) is 6.83. The fraction of sp³-hybridized carbons (Fsp3) is 0.812. The van der Waals surface area contributed by atoms with Gasteiger partial charge in [0.05, 0.1) is 6.54 Å². The first kappa shape index (κ1) is 23.1. The quantitative estimate of drug-likeness (QED) is 0.460. The third-order valence-corrected chi connectivity index (χ3v) is 3.55. The molecule has 0 aromatic heterocycles. The summed E-state index contributed by atoms with van der Waals surface area (Å²) in [6, 6.07) is -1.02. The molecule has 0 spiro atoms. The molecule has 0 aliphatic carbocycles. The van der Waals surface area contributed by atoms with Crippen molar-refractivity contribution in [3.8, 4) is 0 Å². The van der Waals surface area contributed by atoms with Crippen LogP contribution in [0.15, 0.2) is 0 Å². The number of hydrogen-bond acceptors (Lipinski definition) is 5. The van der Waals surface area contributed by atoms with E-state index >= 15 is 0 Å². The first-order valence-corrected chi connectivity index (χ1v) is 8.77. The number of aliphatic carboxylic acids is 2. The summed E-state index contributed by atoms with van der Waals surface area (Å²) in [7, 11) is 0. The minimum absolute atomic E-state index is 0.000703. The van der Waals surface area contributed by atoms with Crippen LogP contribution in [0.3, 0.4) is 0 Å². The molecule has 5 N–H and O–H groups in total. The van der Waals surface area contributed by atoms with Gasteiger partial charge in [-0.15, -0.1) is 0 Å². The average molecular weight is 360 g/mol. The van der Waals surface area contributed by atoms with Gasteiger partial charge in [-0.2, -0.15) is 0 Å². The van der Waals surface area contributed by atoms with E-state index in [0.717, 1.165) is 0 Å². The van der Waals surface area contributed by atoms with Crippen molar-refractivity contribution in [1.29, 1.82) is 0 Å². The summed E-state index contributed by atoms with van der Waals surface area (Å²) in [5.41, 5.74) is 5.38. The van der Waals surface area contributed by atoms with Gasteiger partial charge in [-0.3, -0.25) is 14.5 Å². The molecule has 1 aliphatic heterocycles. The maximum Gasteiger partial charge on any atom is 0.320 e. The molecule has 25 heavy (non-hydrogen) atoms. The number of unbranched alkanes of at least 4 members (excludes halogenated alkanes) is 1. The second-order valence-corrected chi connectivity index (χ2v) is 6.04. The van der Waals surface area contributed by atoms with E-state index in [1.54, 1.807) is 9.80 Å². The van der Waals surface area contributed by atoms with Gasteiger partial charge in [0.1, 0.15) is 6.04 Å². The number of carboxylic acid groups (broad SMARTS) is 2. The van der Waals surface area contributed by atoms with E-state index in [9.17, 15) is 14.4 Å². The molecule has 1 heterocycles. The van der Waals surface area contributed by atoms with E-state index < -0.39 is 18.0 Å². The van der Waals surface area contributed by atoms with Crippen LogP contribution in [0, 0.1) is 0 Å². The van der Waals surface area contributed by atoms with Crippen molar-refractivity contribution in [2.45, 2.75) is 45.6 Å². The average Bonchev–Trinajstić information content (AvgIpc) is 2.55. The third kappa shape index (κ3) is 11.3. The van der Waals surface area contributed by atoms with Crippen LogP contribution in [-0.2, 0) is 9.59 Å². The van der Waals surface area contributed by atoms with Gasteiger partial charge in [-0.1, -0.05) is 20.3 Å². The maximum atomic E-state index is 11.9. The number of carboxylic acids is 2.